The lowest BCUT2D eigenvalue weighted by Crippen LogP contribution is -2.53. The summed E-state index contributed by atoms with van der Waals surface area (Å²) in [6.45, 7) is 0.915. The number of imidazole rings is 1. The molecule has 1 aromatic heterocycles. The average molecular weight is 411 g/mol. The van der Waals surface area contributed by atoms with Gasteiger partial charge in [-0.3, -0.25) is 19.2 Å². The summed E-state index contributed by atoms with van der Waals surface area (Å²) in [4.78, 5) is 64.7. The number of amides is 4. The van der Waals surface area contributed by atoms with Gasteiger partial charge in [0.1, 0.15) is 12.1 Å². The monoisotopic (exact) mass is 411 g/mol. The van der Waals surface area contributed by atoms with Crippen LogP contribution in [0.1, 0.15) is 25.5 Å². The zero-order chi connectivity index (χ0) is 22.0. The zero-order valence-corrected chi connectivity index (χ0v) is 15.8. The van der Waals surface area contributed by atoms with Gasteiger partial charge in [0.25, 0.3) is 0 Å². The van der Waals surface area contributed by atoms with Crippen molar-refractivity contribution < 1.29 is 29.1 Å². The van der Waals surface area contributed by atoms with E-state index in [-0.39, 0.29) is 19.3 Å². The van der Waals surface area contributed by atoms with E-state index in [9.17, 15) is 24.0 Å². The van der Waals surface area contributed by atoms with E-state index in [1.807, 2.05) is 0 Å². The maximum Gasteiger partial charge on any atom is 0.326 e. The number of carbonyl (C=O) groups is 5. The molecule has 0 aliphatic rings. The molecule has 13 nitrogen and oxygen atoms in total. The van der Waals surface area contributed by atoms with Gasteiger partial charge >= 0.3 is 5.97 Å². The van der Waals surface area contributed by atoms with Gasteiger partial charge in [0.2, 0.25) is 23.6 Å². The van der Waals surface area contributed by atoms with Crippen LogP contribution < -0.4 is 27.4 Å². The number of carbonyl (C=O) groups excluding carboxylic acids is 4. The third-order valence-electron chi connectivity index (χ3n) is 3.76. The number of nitrogens with zero attached hydrogens (tertiary/aromatic N) is 1. The molecular weight excluding hydrogens is 386 g/mol. The molecule has 1 heterocycles. The van der Waals surface area contributed by atoms with E-state index in [4.69, 9.17) is 16.6 Å². The summed E-state index contributed by atoms with van der Waals surface area (Å²) in [5.74, 6) is -4.06. The molecule has 3 atom stereocenters. The Kier molecular flexibility index (Phi) is 9.25. The van der Waals surface area contributed by atoms with Crippen molar-refractivity contribution in [1.29, 1.82) is 0 Å². The topological polar surface area (TPSA) is 222 Å². The maximum absolute atomic E-state index is 12.4. The minimum atomic E-state index is -1.34. The lowest BCUT2D eigenvalue weighted by molar-refractivity contribution is -0.142. The molecule has 0 fully saturated rings. The smallest absolute Gasteiger partial charge is 0.326 e. The van der Waals surface area contributed by atoms with Crippen LogP contribution in [0.2, 0.25) is 0 Å². The number of carboxylic acid groups (broad SMARTS) is 1. The van der Waals surface area contributed by atoms with Gasteiger partial charge in [-0.05, 0) is 13.3 Å². The van der Waals surface area contributed by atoms with E-state index in [1.165, 1.54) is 19.4 Å². The molecule has 9 N–H and O–H groups in total. The first-order valence-electron chi connectivity index (χ1n) is 8.71. The number of hydrogen-bond acceptors (Lipinski definition) is 7. The maximum atomic E-state index is 12.4. The van der Waals surface area contributed by atoms with E-state index in [0.29, 0.717) is 5.69 Å². The molecule has 1 rings (SSSR count). The standard InChI is InChI=1S/C16H25N7O6/c1-8(17)14(26)23-11(4-9-5-19-7-21-9)15(27)20-6-13(25)22-10(16(28)29)2-3-12(18)24/h5,7-8,10-11H,2-4,6,17H2,1H3,(H2,18,24)(H,19,21)(H,20,27)(H,22,25)(H,23,26)(H,28,29). The van der Waals surface area contributed by atoms with Crippen molar-refractivity contribution in [2.75, 3.05) is 6.54 Å². The molecule has 160 valence electrons. The van der Waals surface area contributed by atoms with Crippen LogP contribution in [0.5, 0.6) is 0 Å². The second kappa shape index (κ2) is 11.4. The molecule has 3 unspecified atom stereocenters. The summed E-state index contributed by atoms with van der Waals surface area (Å²) in [5.41, 5.74) is 11.0. The van der Waals surface area contributed by atoms with Crippen molar-refractivity contribution in [2.24, 2.45) is 11.5 Å². The highest BCUT2D eigenvalue weighted by atomic mass is 16.4. The van der Waals surface area contributed by atoms with E-state index in [1.54, 1.807) is 0 Å². The molecule has 0 aromatic carbocycles. The Morgan fingerprint density at radius 1 is 1.17 bits per heavy atom. The molecule has 0 saturated heterocycles. The Morgan fingerprint density at radius 2 is 1.86 bits per heavy atom. The fourth-order valence-electron chi connectivity index (χ4n) is 2.21. The minimum Gasteiger partial charge on any atom is -0.480 e. The predicted octanol–water partition coefficient (Wildman–Crippen LogP) is -3.26. The van der Waals surface area contributed by atoms with Crippen LogP contribution in [-0.2, 0) is 30.4 Å². The van der Waals surface area contributed by atoms with Crippen LogP contribution in [0.15, 0.2) is 12.5 Å². The van der Waals surface area contributed by atoms with Crippen molar-refractivity contribution in [3.8, 4) is 0 Å². The molecule has 0 saturated carbocycles. The lowest BCUT2D eigenvalue weighted by atomic mass is 10.1. The quantitative estimate of drug-likeness (QED) is 0.184. The van der Waals surface area contributed by atoms with Crippen LogP contribution in [0.3, 0.4) is 0 Å². The molecule has 13 heteroatoms. The average Bonchev–Trinajstić information content (AvgIpc) is 3.15. The van der Waals surface area contributed by atoms with E-state index >= 15 is 0 Å². The Hall–Kier alpha value is -3.48. The third-order valence-corrected chi connectivity index (χ3v) is 3.76. The summed E-state index contributed by atoms with van der Waals surface area (Å²) < 4.78 is 0. The number of aliphatic carboxylic acids is 1. The Morgan fingerprint density at radius 3 is 2.38 bits per heavy atom. The SMILES string of the molecule is CC(N)C(=O)NC(Cc1cnc[nH]1)C(=O)NCC(=O)NC(CCC(N)=O)C(=O)O. The zero-order valence-electron chi connectivity index (χ0n) is 15.8. The number of aromatic nitrogens is 2. The third kappa shape index (κ3) is 8.83. The second-order valence-corrected chi connectivity index (χ2v) is 6.31. The molecule has 0 radical (unpaired) electrons. The molecule has 0 aliphatic carbocycles. The number of carboxylic acids is 1. The summed E-state index contributed by atoms with van der Waals surface area (Å²) in [7, 11) is 0. The first kappa shape index (κ1) is 23.6. The van der Waals surface area contributed by atoms with Gasteiger partial charge in [0, 0.05) is 24.7 Å². The fraction of sp³-hybridized carbons (Fsp3) is 0.500. The number of nitrogens with two attached hydrogens (primary N) is 2. The number of nitrogens with one attached hydrogen (secondary N) is 4. The molecule has 0 aliphatic heterocycles. The van der Waals surface area contributed by atoms with Crippen LogP contribution in [0.25, 0.3) is 0 Å². The number of aromatic amines is 1. The van der Waals surface area contributed by atoms with Gasteiger partial charge in [-0.15, -0.1) is 0 Å². The lowest BCUT2D eigenvalue weighted by Gasteiger charge is -2.19. The van der Waals surface area contributed by atoms with Crippen LogP contribution >= 0.6 is 0 Å². The summed E-state index contributed by atoms with van der Waals surface area (Å²) in [6, 6.07) is -3.21. The molecule has 29 heavy (non-hydrogen) atoms. The van der Waals surface area contributed by atoms with Crippen molar-refractivity contribution in [3.05, 3.63) is 18.2 Å². The summed E-state index contributed by atoms with van der Waals surface area (Å²) in [5, 5.41) is 16.1. The highest BCUT2D eigenvalue weighted by Gasteiger charge is 2.25. The predicted molar refractivity (Wildman–Crippen MR) is 98.9 cm³/mol. The second-order valence-electron chi connectivity index (χ2n) is 6.31. The molecule has 0 spiro atoms. The number of hydrogen-bond donors (Lipinski definition) is 7. The van der Waals surface area contributed by atoms with Crippen molar-refractivity contribution in [3.63, 3.8) is 0 Å². The van der Waals surface area contributed by atoms with Crippen molar-refractivity contribution in [1.82, 2.24) is 25.9 Å². The first-order chi connectivity index (χ1) is 13.6. The minimum absolute atomic E-state index is 0.0717. The van der Waals surface area contributed by atoms with E-state index in [0.717, 1.165) is 0 Å². The number of rotatable bonds is 12. The van der Waals surface area contributed by atoms with Gasteiger partial charge in [0.05, 0.1) is 18.9 Å². The Labute approximate surface area is 166 Å². The highest BCUT2D eigenvalue weighted by Crippen LogP contribution is 2.00. The number of primary amides is 1. The fourth-order valence-corrected chi connectivity index (χ4v) is 2.21. The van der Waals surface area contributed by atoms with Crippen LogP contribution in [-0.4, -0.2) is 69.3 Å². The first-order valence-corrected chi connectivity index (χ1v) is 8.71. The van der Waals surface area contributed by atoms with Gasteiger partial charge in [-0.2, -0.15) is 0 Å². The number of H-pyrrole nitrogens is 1. The van der Waals surface area contributed by atoms with Gasteiger partial charge in [0.15, 0.2) is 0 Å². The van der Waals surface area contributed by atoms with Gasteiger partial charge in [-0.1, -0.05) is 0 Å². The van der Waals surface area contributed by atoms with Crippen molar-refractivity contribution in [2.45, 2.75) is 44.3 Å². The molecular formula is C16H25N7O6. The highest BCUT2D eigenvalue weighted by molar-refractivity contribution is 5.92. The van der Waals surface area contributed by atoms with Crippen molar-refractivity contribution >= 4 is 29.6 Å². The normalized spacial score (nSPS) is 13.6. The summed E-state index contributed by atoms with van der Waals surface area (Å²) >= 11 is 0. The van der Waals surface area contributed by atoms with Crippen LogP contribution in [0.4, 0.5) is 0 Å². The summed E-state index contributed by atoms with van der Waals surface area (Å²) in [6.07, 6.45) is 2.54. The largest absolute Gasteiger partial charge is 0.480 e. The van der Waals surface area contributed by atoms with Gasteiger partial charge in [-0.25, -0.2) is 9.78 Å². The van der Waals surface area contributed by atoms with Gasteiger partial charge < -0.3 is 37.5 Å². The molecule has 0 bridgehead atoms. The Balaban J connectivity index is 2.65. The van der Waals surface area contributed by atoms with E-state index in [2.05, 4.69) is 25.9 Å². The molecule has 1 aromatic rings. The molecule has 4 amide bonds. The van der Waals surface area contributed by atoms with Crippen LogP contribution in [0, 0.1) is 0 Å². The Bertz CT molecular complexity index is 734. The van der Waals surface area contributed by atoms with E-state index < -0.39 is 54.3 Å².